The van der Waals surface area contributed by atoms with Crippen LogP contribution in [0.5, 0.6) is 0 Å². The fraction of sp³-hybridized carbons (Fsp3) is 0.538. The molecule has 1 atom stereocenters. The molecule has 0 amide bonds. The summed E-state index contributed by atoms with van der Waals surface area (Å²) in [7, 11) is 0. The minimum absolute atomic E-state index is 0.446. The van der Waals surface area contributed by atoms with Crippen molar-refractivity contribution in [2.45, 2.75) is 32.2 Å². The van der Waals surface area contributed by atoms with Crippen molar-refractivity contribution in [2.75, 3.05) is 6.54 Å². The summed E-state index contributed by atoms with van der Waals surface area (Å²) in [4.78, 5) is 0. The number of rotatable bonds is 4. The zero-order chi connectivity index (χ0) is 10.7. The highest BCUT2D eigenvalue weighted by Crippen LogP contribution is 2.27. The van der Waals surface area contributed by atoms with Crippen LogP contribution in [-0.2, 0) is 0 Å². The van der Waals surface area contributed by atoms with Gasteiger partial charge in [-0.2, -0.15) is 0 Å². The molecule has 0 heterocycles. The fourth-order valence-electron chi connectivity index (χ4n) is 1.98. The van der Waals surface area contributed by atoms with Gasteiger partial charge in [-0.25, -0.2) is 0 Å². The molecule has 0 aliphatic heterocycles. The quantitative estimate of drug-likeness (QED) is 0.873. The summed E-state index contributed by atoms with van der Waals surface area (Å²) in [5, 5.41) is 3.61. The molecule has 0 saturated heterocycles. The maximum absolute atomic E-state index is 3.61. The predicted molar refractivity (Wildman–Crippen MR) is 67.9 cm³/mol. The molecule has 0 radical (unpaired) electrons. The standard InChI is InChI=1S/C13H18BrN/c1-10(15-9-11-5-4-6-11)12-7-2-3-8-13(12)14/h2-3,7-8,10-11,15H,4-6,9H2,1H3. The van der Waals surface area contributed by atoms with Gasteiger partial charge >= 0.3 is 0 Å². The number of hydrogen-bond donors (Lipinski definition) is 1. The van der Waals surface area contributed by atoms with E-state index in [1.807, 2.05) is 0 Å². The molecule has 1 aliphatic carbocycles. The molecule has 1 aromatic carbocycles. The van der Waals surface area contributed by atoms with E-state index in [-0.39, 0.29) is 0 Å². The van der Waals surface area contributed by atoms with E-state index in [0.717, 1.165) is 5.92 Å². The van der Waals surface area contributed by atoms with Crippen molar-refractivity contribution in [3.05, 3.63) is 34.3 Å². The molecule has 1 aliphatic rings. The maximum atomic E-state index is 3.61. The molecule has 1 nitrogen and oxygen atoms in total. The second-order valence-electron chi connectivity index (χ2n) is 4.45. The molecule has 15 heavy (non-hydrogen) atoms. The van der Waals surface area contributed by atoms with Crippen molar-refractivity contribution in [3.63, 3.8) is 0 Å². The van der Waals surface area contributed by atoms with Gasteiger partial charge in [-0.05, 0) is 43.9 Å². The van der Waals surface area contributed by atoms with Crippen LogP contribution in [0.2, 0.25) is 0 Å². The zero-order valence-corrected chi connectivity index (χ0v) is 10.8. The molecule has 1 aromatic rings. The van der Waals surface area contributed by atoms with Crippen molar-refractivity contribution in [2.24, 2.45) is 5.92 Å². The van der Waals surface area contributed by atoms with E-state index >= 15 is 0 Å². The Kier molecular flexibility index (Phi) is 3.81. The SMILES string of the molecule is CC(NCC1CCC1)c1ccccc1Br. The summed E-state index contributed by atoms with van der Waals surface area (Å²) < 4.78 is 1.21. The average molecular weight is 268 g/mol. The van der Waals surface area contributed by atoms with Crippen molar-refractivity contribution >= 4 is 15.9 Å². The lowest BCUT2D eigenvalue weighted by molar-refractivity contribution is 0.292. The van der Waals surface area contributed by atoms with Crippen LogP contribution >= 0.6 is 15.9 Å². The summed E-state index contributed by atoms with van der Waals surface area (Å²) >= 11 is 3.59. The van der Waals surface area contributed by atoms with Crippen LogP contribution in [0.25, 0.3) is 0 Å². The molecule has 1 N–H and O–H groups in total. The van der Waals surface area contributed by atoms with E-state index in [0.29, 0.717) is 6.04 Å². The van der Waals surface area contributed by atoms with Gasteiger partial charge in [-0.15, -0.1) is 0 Å². The molecule has 1 fully saturated rings. The summed E-state index contributed by atoms with van der Waals surface area (Å²) in [6.07, 6.45) is 4.25. The Morgan fingerprint density at radius 1 is 1.40 bits per heavy atom. The van der Waals surface area contributed by atoms with Crippen molar-refractivity contribution in [1.29, 1.82) is 0 Å². The van der Waals surface area contributed by atoms with Crippen molar-refractivity contribution < 1.29 is 0 Å². The zero-order valence-electron chi connectivity index (χ0n) is 9.17. The minimum atomic E-state index is 0.446. The number of benzene rings is 1. The molecular formula is C13H18BrN. The predicted octanol–water partition coefficient (Wildman–Crippen LogP) is 3.90. The molecule has 1 unspecified atom stereocenters. The second-order valence-corrected chi connectivity index (χ2v) is 5.30. The minimum Gasteiger partial charge on any atom is -0.310 e. The van der Waals surface area contributed by atoms with Crippen LogP contribution < -0.4 is 5.32 Å². The third-order valence-corrected chi connectivity index (χ3v) is 4.03. The molecule has 0 bridgehead atoms. The highest BCUT2D eigenvalue weighted by Gasteiger charge is 2.18. The highest BCUT2D eigenvalue weighted by atomic mass is 79.9. The van der Waals surface area contributed by atoms with Crippen LogP contribution in [0.4, 0.5) is 0 Å². The van der Waals surface area contributed by atoms with Gasteiger partial charge in [-0.3, -0.25) is 0 Å². The molecule has 2 heteroatoms. The Bertz CT molecular complexity index is 320. The third-order valence-electron chi connectivity index (χ3n) is 3.31. The topological polar surface area (TPSA) is 12.0 Å². The number of halogens is 1. The molecule has 0 spiro atoms. The van der Waals surface area contributed by atoms with Gasteiger partial charge in [-0.1, -0.05) is 40.5 Å². The Labute approximate surface area is 100 Å². The number of hydrogen-bond acceptors (Lipinski definition) is 1. The Hall–Kier alpha value is -0.340. The summed E-state index contributed by atoms with van der Waals surface area (Å²) in [5.41, 5.74) is 1.36. The lowest BCUT2D eigenvalue weighted by Gasteiger charge is -2.27. The lowest BCUT2D eigenvalue weighted by Crippen LogP contribution is -2.29. The van der Waals surface area contributed by atoms with Gasteiger partial charge in [0, 0.05) is 10.5 Å². The Morgan fingerprint density at radius 2 is 2.13 bits per heavy atom. The first-order valence-electron chi connectivity index (χ1n) is 5.75. The van der Waals surface area contributed by atoms with Gasteiger partial charge in [0.2, 0.25) is 0 Å². The van der Waals surface area contributed by atoms with Gasteiger partial charge in [0.05, 0.1) is 0 Å². The number of nitrogens with one attached hydrogen (secondary N) is 1. The smallest absolute Gasteiger partial charge is 0.0303 e. The monoisotopic (exact) mass is 267 g/mol. The second kappa shape index (κ2) is 5.13. The van der Waals surface area contributed by atoms with Crippen LogP contribution in [0.1, 0.15) is 37.8 Å². The first kappa shape index (κ1) is 11.2. The Morgan fingerprint density at radius 3 is 2.73 bits per heavy atom. The van der Waals surface area contributed by atoms with Gasteiger partial charge in [0.1, 0.15) is 0 Å². The molecule has 1 saturated carbocycles. The molecule has 2 rings (SSSR count). The molecular weight excluding hydrogens is 250 g/mol. The van der Waals surface area contributed by atoms with E-state index < -0.39 is 0 Å². The first-order chi connectivity index (χ1) is 7.27. The van der Waals surface area contributed by atoms with E-state index in [4.69, 9.17) is 0 Å². The van der Waals surface area contributed by atoms with Crippen molar-refractivity contribution in [3.8, 4) is 0 Å². The van der Waals surface area contributed by atoms with E-state index in [1.54, 1.807) is 0 Å². The van der Waals surface area contributed by atoms with E-state index in [1.165, 1.54) is 35.8 Å². The highest BCUT2D eigenvalue weighted by molar-refractivity contribution is 9.10. The van der Waals surface area contributed by atoms with Crippen molar-refractivity contribution in [1.82, 2.24) is 5.32 Å². The molecule has 82 valence electrons. The van der Waals surface area contributed by atoms with Gasteiger partial charge < -0.3 is 5.32 Å². The third kappa shape index (κ3) is 2.82. The summed E-state index contributed by atoms with van der Waals surface area (Å²) in [5.74, 6) is 0.926. The van der Waals surface area contributed by atoms with Crippen LogP contribution in [0.3, 0.4) is 0 Å². The average Bonchev–Trinajstić information content (AvgIpc) is 2.16. The van der Waals surface area contributed by atoms with Crippen LogP contribution in [0, 0.1) is 5.92 Å². The normalized spacial score (nSPS) is 18.5. The van der Waals surface area contributed by atoms with Gasteiger partial charge in [0.25, 0.3) is 0 Å². The van der Waals surface area contributed by atoms with Gasteiger partial charge in [0.15, 0.2) is 0 Å². The van der Waals surface area contributed by atoms with Crippen LogP contribution in [0.15, 0.2) is 28.7 Å². The lowest BCUT2D eigenvalue weighted by atomic mass is 9.85. The Balaban J connectivity index is 1.89. The maximum Gasteiger partial charge on any atom is 0.0303 e. The molecule has 0 aromatic heterocycles. The fourth-order valence-corrected chi connectivity index (χ4v) is 2.60. The largest absolute Gasteiger partial charge is 0.310 e. The summed E-state index contributed by atoms with van der Waals surface area (Å²) in [6, 6.07) is 8.90. The van der Waals surface area contributed by atoms with Crippen LogP contribution in [-0.4, -0.2) is 6.54 Å². The summed E-state index contributed by atoms with van der Waals surface area (Å²) in [6.45, 7) is 3.40. The first-order valence-corrected chi connectivity index (χ1v) is 6.54. The van der Waals surface area contributed by atoms with E-state index in [2.05, 4.69) is 52.4 Å². The van der Waals surface area contributed by atoms with E-state index in [9.17, 15) is 0 Å².